The zero-order valence-electron chi connectivity index (χ0n) is 14.3. The molecule has 0 saturated carbocycles. The van der Waals surface area contributed by atoms with E-state index in [0.717, 1.165) is 19.4 Å². The molecule has 0 fully saturated rings. The summed E-state index contributed by atoms with van der Waals surface area (Å²) in [4.78, 5) is 18.4. The van der Waals surface area contributed by atoms with E-state index in [1.165, 1.54) is 6.20 Å². The summed E-state index contributed by atoms with van der Waals surface area (Å²) in [6.45, 7) is 5.10. The summed E-state index contributed by atoms with van der Waals surface area (Å²) in [6.07, 6.45) is 3.69. The number of rotatable bonds is 8. The third kappa shape index (κ3) is 4.65. The van der Waals surface area contributed by atoms with Gasteiger partial charge in [0.1, 0.15) is 0 Å². The van der Waals surface area contributed by atoms with Gasteiger partial charge in [-0.25, -0.2) is 4.79 Å². The second-order valence-corrected chi connectivity index (χ2v) is 5.31. The molecular formula is C17H23N5O2. The maximum atomic E-state index is 12.0. The maximum Gasteiger partial charge on any atom is 0.340 e. The van der Waals surface area contributed by atoms with Crippen molar-refractivity contribution in [2.45, 2.75) is 26.7 Å². The molecule has 7 heteroatoms. The number of benzene rings is 1. The van der Waals surface area contributed by atoms with Crippen LogP contribution >= 0.6 is 0 Å². The molecule has 0 saturated heterocycles. The number of nitrogens with one attached hydrogen (secondary N) is 1. The fourth-order valence-corrected chi connectivity index (χ4v) is 2.13. The van der Waals surface area contributed by atoms with Crippen LogP contribution in [0, 0.1) is 0 Å². The number of hydrogen-bond donors (Lipinski definition) is 1. The molecule has 24 heavy (non-hydrogen) atoms. The number of ether oxygens (including phenoxy) is 1. The molecule has 0 aliphatic rings. The Labute approximate surface area is 142 Å². The van der Waals surface area contributed by atoms with Gasteiger partial charge in [-0.1, -0.05) is 25.5 Å². The molecule has 0 bridgehead atoms. The number of para-hydroxylation sites is 1. The molecule has 0 aliphatic carbocycles. The number of anilines is 3. The van der Waals surface area contributed by atoms with Gasteiger partial charge in [-0.2, -0.15) is 10.1 Å². The maximum absolute atomic E-state index is 12.0. The summed E-state index contributed by atoms with van der Waals surface area (Å²) >= 11 is 0. The summed E-state index contributed by atoms with van der Waals surface area (Å²) in [7, 11) is 1.93. The summed E-state index contributed by atoms with van der Waals surface area (Å²) < 4.78 is 5.08. The van der Waals surface area contributed by atoms with Crippen LogP contribution in [0.3, 0.4) is 0 Å². The molecule has 0 aliphatic heterocycles. The number of aromatic nitrogens is 3. The minimum atomic E-state index is -0.372. The van der Waals surface area contributed by atoms with Crippen LogP contribution in [-0.4, -0.2) is 41.3 Å². The van der Waals surface area contributed by atoms with Crippen LogP contribution in [0.1, 0.15) is 37.0 Å². The predicted molar refractivity (Wildman–Crippen MR) is 93.7 cm³/mol. The average molecular weight is 329 g/mol. The van der Waals surface area contributed by atoms with E-state index >= 15 is 0 Å². The largest absolute Gasteiger partial charge is 0.462 e. The lowest BCUT2D eigenvalue weighted by atomic mass is 10.2. The lowest BCUT2D eigenvalue weighted by molar-refractivity contribution is 0.0527. The number of esters is 1. The van der Waals surface area contributed by atoms with Crippen molar-refractivity contribution in [2.75, 3.05) is 30.4 Å². The van der Waals surface area contributed by atoms with Gasteiger partial charge >= 0.3 is 5.97 Å². The van der Waals surface area contributed by atoms with Crippen LogP contribution in [0.25, 0.3) is 0 Å². The van der Waals surface area contributed by atoms with Crippen LogP contribution in [0.2, 0.25) is 0 Å². The van der Waals surface area contributed by atoms with Gasteiger partial charge in [0, 0.05) is 13.6 Å². The van der Waals surface area contributed by atoms with Crippen LogP contribution in [0.4, 0.5) is 17.5 Å². The minimum Gasteiger partial charge on any atom is -0.462 e. The molecule has 0 radical (unpaired) electrons. The van der Waals surface area contributed by atoms with E-state index in [1.807, 2.05) is 18.0 Å². The highest BCUT2D eigenvalue weighted by molar-refractivity contribution is 5.96. The summed E-state index contributed by atoms with van der Waals surface area (Å²) in [5.74, 6) is 0.699. The molecule has 0 unspecified atom stereocenters. The van der Waals surface area contributed by atoms with Gasteiger partial charge in [0.25, 0.3) is 0 Å². The zero-order chi connectivity index (χ0) is 17.4. The van der Waals surface area contributed by atoms with Crippen LogP contribution in [0.15, 0.2) is 30.5 Å². The van der Waals surface area contributed by atoms with Gasteiger partial charge in [0.05, 0.1) is 24.1 Å². The van der Waals surface area contributed by atoms with Gasteiger partial charge in [0.2, 0.25) is 5.95 Å². The SMILES string of the molecule is CCCCN(C)c1nncc(Nc2ccccc2C(=O)OCC)n1. The van der Waals surface area contributed by atoms with Crippen molar-refractivity contribution in [1.82, 2.24) is 15.2 Å². The molecule has 1 aromatic heterocycles. The molecular weight excluding hydrogens is 306 g/mol. The normalized spacial score (nSPS) is 10.3. The van der Waals surface area contributed by atoms with Gasteiger partial charge in [-0.3, -0.25) is 0 Å². The molecule has 0 spiro atoms. The van der Waals surface area contributed by atoms with Gasteiger partial charge in [-0.05, 0) is 25.5 Å². The fraction of sp³-hybridized carbons (Fsp3) is 0.412. The van der Waals surface area contributed by atoms with Gasteiger partial charge in [0.15, 0.2) is 5.82 Å². The molecule has 1 N–H and O–H groups in total. The topological polar surface area (TPSA) is 80.2 Å². The Morgan fingerprint density at radius 3 is 2.83 bits per heavy atom. The first kappa shape index (κ1) is 17.7. The van der Waals surface area contributed by atoms with Crippen molar-refractivity contribution in [1.29, 1.82) is 0 Å². The number of nitrogens with zero attached hydrogens (tertiary/aromatic N) is 4. The summed E-state index contributed by atoms with van der Waals surface area (Å²) in [6, 6.07) is 7.14. The Morgan fingerprint density at radius 1 is 1.29 bits per heavy atom. The standard InChI is InChI=1S/C17H23N5O2/c1-4-6-11-22(3)17-20-15(12-18-21-17)19-14-10-8-7-9-13(14)16(23)24-5-2/h7-10,12H,4-6,11H2,1-3H3,(H,19,20,21). The second-order valence-electron chi connectivity index (χ2n) is 5.31. The lowest BCUT2D eigenvalue weighted by Crippen LogP contribution is -2.21. The number of hydrogen-bond acceptors (Lipinski definition) is 7. The van der Waals surface area contributed by atoms with Crippen molar-refractivity contribution in [2.24, 2.45) is 0 Å². The highest BCUT2D eigenvalue weighted by Crippen LogP contribution is 2.21. The third-order valence-corrected chi connectivity index (χ3v) is 3.42. The number of carbonyl (C=O) groups excluding carboxylic acids is 1. The summed E-state index contributed by atoms with van der Waals surface area (Å²) in [5, 5.41) is 11.2. The highest BCUT2D eigenvalue weighted by Gasteiger charge is 2.13. The van der Waals surface area contributed by atoms with Crippen molar-refractivity contribution >= 4 is 23.4 Å². The quantitative estimate of drug-likeness (QED) is 0.746. The van der Waals surface area contributed by atoms with E-state index in [0.29, 0.717) is 29.6 Å². The monoisotopic (exact) mass is 329 g/mol. The third-order valence-electron chi connectivity index (χ3n) is 3.42. The Kier molecular flexibility index (Phi) is 6.48. The molecule has 7 nitrogen and oxygen atoms in total. The molecule has 2 aromatic rings. The zero-order valence-corrected chi connectivity index (χ0v) is 14.3. The Hall–Kier alpha value is -2.70. The van der Waals surface area contributed by atoms with Crippen molar-refractivity contribution in [3.63, 3.8) is 0 Å². The van der Waals surface area contributed by atoms with E-state index in [2.05, 4.69) is 27.4 Å². The minimum absolute atomic E-state index is 0.328. The number of carbonyl (C=O) groups is 1. The van der Waals surface area contributed by atoms with Crippen LogP contribution in [-0.2, 0) is 4.74 Å². The summed E-state index contributed by atoms with van der Waals surface area (Å²) in [5.41, 5.74) is 1.08. The van der Waals surface area contributed by atoms with Crippen molar-refractivity contribution in [3.05, 3.63) is 36.0 Å². The lowest BCUT2D eigenvalue weighted by Gasteiger charge is -2.16. The van der Waals surface area contributed by atoms with E-state index in [4.69, 9.17) is 4.74 Å². The first-order chi connectivity index (χ1) is 11.7. The molecule has 2 rings (SSSR count). The predicted octanol–water partition coefficient (Wildman–Crippen LogP) is 3.03. The van der Waals surface area contributed by atoms with Crippen LogP contribution < -0.4 is 10.2 Å². The fourth-order valence-electron chi connectivity index (χ4n) is 2.13. The Bertz CT molecular complexity index is 678. The van der Waals surface area contributed by atoms with Crippen LogP contribution in [0.5, 0.6) is 0 Å². The molecule has 1 heterocycles. The first-order valence-electron chi connectivity index (χ1n) is 8.09. The second kappa shape index (κ2) is 8.81. The molecule has 0 atom stereocenters. The van der Waals surface area contributed by atoms with Crippen molar-refractivity contribution in [3.8, 4) is 0 Å². The van der Waals surface area contributed by atoms with Gasteiger partial charge < -0.3 is 15.0 Å². The Morgan fingerprint density at radius 2 is 2.08 bits per heavy atom. The molecule has 1 aromatic carbocycles. The van der Waals surface area contributed by atoms with E-state index in [1.54, 1.807) is 25.1 Å². The van der Waals surface area contributed by atoms with E-state index in [-0.39, 0.29) is 5.97 Å². The molecule has 0 amide bonds. The molecule has 128 valence electrons. The Balaban J connectivity index is 2.18. The van der Waals surface area contributed by atoms with Gasteiger partial charge in [-0.15, -0.1) is 5.10 Å². The average Bonchev–Trinajstić information content (AvgIpc) is 2.60. The van der Waals surface area contributed by atoms with E-state index in [9.17, 15) is 4.79 Å². The first-order valence-corrected chi connectivity index (χ1v) is 8.09. The smallest absolute Gasteiger partial charge is 0.340 e. The highest BCUT2D eigenvalue weighted by atomic mass is 16.5. The van der Waals surface area contributed by atoms with E-state index < -0.39 is 0 Å². The van der Waals surface area contributed by atoms with Crippen molar-refractivity contribution < 1.29 is 9.53 Å². The number of unbranched alkanes of at least 4 members (excludes halogenated alkanes) is 1.